The number of hydrogen-bond acceptors (Lipinski definition) is 2. The van der Waals surface area contributed by atoms with Crippen molar-refractivity contribution in [3.05, 3.63) is 43.3 Å². The van der Waals surface area contributed by atoms with E-state index in [0.717, 1.165) is 24.6 Å². The molecule has 1 aromatic rings. The van der Waals surface area contributed by atoms with Crippen molar-refractivity contribution in [1.29, 1.82) is 0 Å². The van der Waals surface area contributed by atoms with Crippen LogP contribution in [0.2, 0.25) is 0 Å². The molecule has 1 aliphatic heterocycles. The maximum atomic E-state index is 5.29. The summed E-state index contributed by atoms with van der Waals surface area (Å²) in [5.41, 5.74) is 1.07. The van der Waals surface area contributed by atoms with E-state index in [4.69, 9.17) is 4.74 Å². The maximum Gasteiger partial charge on any atom is 0.216 e. The van der Waals surface area contributed by atoms with Gasteiger partial charge in [0.05, 0.1) is 6.54 Å². The van der Waals surface area contributed by atoms with Crippen LogP contribution < -0.4 is 0 Å². The van der Waals surface area contributed by atoms with Gasteiger partial charge in [-0.3, -0.25) is 0 Å². The van der Waals surface area contributed by atoms with Crippen LogP contribution in [0.1, 0.15) is 5.56 Å². The Morgan fingerprint density at radius 3 is 2.38 bits per heavy atom. The zero-order valence-electron chi connectivity index (χ0n) is 7.56. The molecule has 13 heavy (non-hydrogen) atoms. The van der Waals surface area contributed by atoms with Crippen molar-refractivity contribution in [2.45, 2.75) is 0 Å². The Morgan fingerprint density at radius 1 is 1.15 bits per heavy atom. The van der Waals surface area contributed by atoms with E-state index in [1.165, 1.54) is 0 Å². The molecule has 0 fully saturated rings. The second-order valence-electron chi connectivity index (χ2n) is 2.40. The first-order valence-corrected chi connectivity index (χ1v) is 3.69. The number of rotatable bonds is 1. The van der Waals surface area contributed by atoms with Crippen LogP contribution in [0.15, 0.2) is 35.3 Å². The zero-order valence-corrected chi connectivity index (χ0v) is 10.5. The first-order valence-electron chi connectivity index (χ1n) is 3.69. The molecule has 0 saturated carbocycles. The molecular formula is C10H12NOW-. The monoisotopic (exact) mass is 346 g/mol. The van der Waals surface area contributed by atoms with Crippen LogP contribution in [0.25, 0.3) is 0 Å². The van der Waals surface area contributed by atoms with Crippen LogP contribution in [0, 0.1) is 7.43 Å². The predicted octanol–water partition coefficient (Wildman–Crippen LogP) is 1.91. The molecule has 0 bridgehead atoms. The van der Waals surface area contributed by atoms with Crippen molar-refractivity contribution < 1.29 is 25.8 Å². The van der Waals surface area contributed by atoms with Gasteiger partial charge in [-0.05, 0) is 12.1 Å². The third-order valence-electron chi connectivity index (χ3n) is 1.61. The van der Waals surface area contributed by atoms with Gasteiger partial charge in [-0.25, -0.2) is 4.99 Å². The summed E-state index contributed by atoms with van der Waals surface area (Å²) < 4.78 is 5.29. The fraction of sp³-hybridized carbons (Fsp3) is 0.200. The Bertz CT molecular complexity index is 272. The summed E-state index contributed by atoms with van der Waals surface area (Å²) in [7, 11) is 0. The van der Waals surface area contributed by atoms with Gasteiger partial charge in [-0.2, -0.15) is 0 Å². The van der Waals surface area contributed by atoms with Crippen LogP contribution in [0.3, 0.4) is 0 Å². The fourth-order valence-electron chi connectivity index (χ4n) is 1.09. The second kappa shape index (κ2) is 5.93. The molecule has 70 valence electrons. The third-order valence-corrected chi connectivity index (χ3v) is 1.61. The summed E-state index contributed by atoms with van der Waals surface area (Å²) in [6, 6.07) is 9.96. The molecule has 0 amide bonds. The van der Waals surface area contributed by atoms with Crippen molar-refractivity contribution in [3.8, 4) is 0 Å². The molecule has 0 N–H and O–H groups in total. The smallest absolute Gasteiger partial charge is 0.216 e. The largest absolute Gasteiger partial charge is 0.476 e. The quantitative estimate of drug-likeness (QED) is 0.712. The molecular weight excluding hydrogens is 334 g/mol. The summed E-state index contributed by atoms with van der Waals surface area (Å²) in [5.74, 6) is 0.783. The molecule has 0 spiro atoms. The van der Waals surface area contributed by atoms with Gasteiger partial charge >= 0.3 is 0 Å². The molecule has 1 heterocycles. The number of nitrogens with zero attached hydrogens (tertiary/aromatic N) is 1. The normalized spacial score (nSPS) is 13.4. The molecule has 0 aliphatic carbocycles. The molecule has 2 rings (SSSR count). The van der Waals surface area contributed by atoms with Crippen molar-refractivity contribution in [2.24, 2.45) is 4.99 Å². The Hall–Kier alpha value is -0.622. The standard InChI is InChI=1S/C9H9NO.CH3.W/c1-2-4-8(5-3-1)9-10-6-7-11-9;;/h1-5H,6-7H2;1H3;/q;-1;. The third kappa shape index (κ3) is 2.96. The number of hydrogen-bond donors (Lipinski definition) is 0. The minimum absolute atomic E-state index is 0. The zero-order chi connectivity index (χ0) is 7.52. The van der Waals surface area contributed by atoms with Gasteiger partial charge in [0.15, 0.2) is 0 Å². The van der Waals surface area contributed by atoms with E-state index >= 15 is 0 Å². The predicted molar refractivity (Wildman–Crippen MR) is 50.2 cm³/mol. The van der Waals surface area contributed by atoms with Crippen molar-refractivity contribution in [3.63, 3.8) is 0 Å². The van der Waals surface area contributed by atoms with Gasteiger partial charge in [-0.15, -0.1) is 0 Å². The van der Waals surface area contributed by atoms with Gasteiger partial charge in [0.2, 0.25) is 5.90 Å². The Morgan fingerprint density at radius 2 is 1.85 bits per heavy atom. The Labute approximate surface area is 93.3 Å². The minimum atomic E-state index is 0. The fourth-order valence-corrected chi connectivity index (χ4v) is 1.09. The minimum Gasteiger partial charge on any atom is -0.476 e. The van der Waals surface area contributed by atoms with Gasteiger partial charge in [0.1, 0.15) is 6.61 Å². The van der Waals surface area contributed by atoms with E-state index in [-0.39, 0.29) is 28.5 Å². The van der Waals surface area contributed by atoms with Crippen molar-refractivity contribution >= 4 is 5.90 Å². The summed E-state index contributed by atoms with van der Waals surface area (Å²) in [5, 5.41) is 0. The Kier molecular flexibility index (Phi) is 5.64. The topological polar surface area (TPSA) is 21.6 Å². The average Bonchev–Trinajstić information content (AvgIpc) is 2.58. The SMILES string of the molecule is [CH3-].[W].c1ccc(C2=NCCO2)cc1. The molecule has 3 heteroatoms. The molecule has 0 saturated heterocycles. The molecule has 2 nitrogen and oxygen atoms in total. The van der Waals surface area contributed by atoms with Crippen LogP contribution in [0.5, 0.6) is 0 Å². The van der Waals surface area contributed by atoms with Gasteiger partial charge in [0, 0.05) is 26.6 Å². The molecule has 0 radical (unpaired) electrons. The Balaban J connectivity index is 0.000000720. The molecule has 0 unspecified atom stereocenters. The summed E-state index contributed by atoms with van der Waals surface area (Å²) in [6.45, 7) is 1.52. The molecule has 1 aliphatic rings. The first-order chi connectivity index (χ1) is 5.47. The molecule has 0 aromatic heterocycles. The maximum absolute atomic E-state index is 5.29. The first kappa shape index (κ1) is 12.4. The number of aliphatic imine (C=N–C) groups is 1. The second-order valence-corrected chi connectivity index (χ2v) is 2.40. The molecule has 0 atom stereocenters. The van der Waals surface area contributed by atoms with Crippen molar-refractivity contribution in [1.82, 2.24) is 0 Å². The summed E-state index contributed by atoms with van der Waals surface area (Å²) >= 11 is 0. The van der Waals surface area contributed by atoms with Gasteiger partial charge < -0.3 is 12.2 Å². The number of ether oxygens (including phenoxy) is 1. The van der Waals surface area contributed by atoms with Crippen molar-refractivity contribution in [2.75, 3.05) is 13.2 Å². The van der Waals surface area contributed by atoms with E-state index in [1.807, 2.05) is 30.3 Å². The molecule has 1 aromatic carbocycles. The average molecular weight is 346 g/mol. The van der Waals surface area contributed by atoms with E-state index in [9.17, 15) is 0 Å². The van der Waals surface area contributed by atoms with E-state index in [0.29, 0.717) is 0 Å². The van der Waals surface area contributed by atoms with E-state index in [1.54, 1.807) is 0 Å². The summed E-state index contributed by atoms with van der Waals surface area (Å²) in [4.78, 5) is 4.20. The van der Waals surface area contributed by atoms with E-state index in [2.05, 4.69) is 4.99 Å². The number of benzene rings is 1. The van der Waals surface area contributed by atoms with Crippen LogP contribution >= 0.6 is 0 Å². The summed E-state index contributed by atoms with van der Waals surface area (Å²) in [6.07, 6.45) is 0. The van der Waals surface area contributed by atoms with E-state index < -0.39 is 0 Å². The van der Waals surface area contributed by atoms with Gasteiger partial charge in [-0.1, -0.05) is 18.2 Å². The van der Waals surface area contributed by atoms with Crippen LogP contribution in [0.4, 0.5) is 0 Å². The van der Waals surface area contributed by atoms with Gasteiger partial charge in [0.25, 0.3) is 0 Å². The van der Waals surface area contributed by atoms with Crippen LogP contribution in [-0.2, 0) is 25.8 Å². The van der Waals surface area contributed by atoms with Crippen LogP contribution in [-0.4, -0.2) is 19.0 Å².